The first-order valence-corrected chi connectivity index (χ1v) is 10.8. The van der Waals surface area contributed by atoms with E-state index in [9.17, 15) is 33.6 Å². The number of rotatable bonds is 12. The molecule has 0 aromatic rings. The molecule has 0 bridgehead atoms. The van der Waals surface area contributed by atoms with Crippen LogP contribution in [0.5, 0.6) is 0 Å². The van der Waals surface area contributed by atoms with Crippen LogP contribution in [0.3, 0.4) is 0 Å². The van der Waals surface area contributed by atoms with Crippen molar-refractivity contribution < 1.29 is 38.3 Å². The number of methoxy groups -OCH3 is 1. The Morgan fingerprint density at radius 1 is 0.971 bits per heavy atom. The summed E-state index contributed by atoms with van der Waals surface area (Å²) >= 11 is 0. The molecule has 0 saturated carbocycles. The van der Waals surface area contributed by atoms with Crippen LogP contribution in [0.1, 0.15) is 39.5 Å². The fourth-order valence-electron chi connectivity index (χ4n) is 3.38. The summed E-state index contributed by atoms with van der Waals surface area (Å²) in [6.07, 6.45) is -0.202. The molecule has 0 spiro atoms. The molecule has 4 atom stereocenters. The zero-order valence-corrected chi connectivity index (χ0v) is 19.9. The Morgan fingerprint density at radius 2 is 1.54 bits per heavy atom. The Balaban J connectivity index is 2.93. The number of nitrogens with two attached hydrogens (primary N) is 2. The molecule has 35 heavy (non-hydrogen) atoms. The van der Waals surface area contributed by atoms with Crippen molar-refractivity contribution in [1.29, 1.82) is 0 Å². The lowest BCUT2D eigenvalue weighted by molar-refractivity contribution is -0.152. The maximum Gasteiger partial charge on any atom is 0.328 e. The van der Waals surface area contributed by atoms with Gasteiger partial charge in [0.05, 0.1) is 20.0 Å². The predicted molar refractivity (Wildman–Crippen MR) is 121 cm³/mol. The summed E-state index contributed by atoms with van der Waals surface area (Å²) in [4.78, 5) is 86.1. The molecule has 0 aromatic heterocycles. The van der Waals surface area contributed by atoms with E-state index in [0.717, 1.165) is 0 Å². The van der Waals surface area contributed by atoms with Crippen molar-refractivity contribution >= 4 is 41.4 Å². The van der Waals surface area contributed by atoms with E-state index < -0.39 is 78.4 Å². The van der Waals surface area contributed by atoms with E-state index in [0.29, 0.717) is 12.8 Å². The average Bonchev–Trinajstić information content (AvgIpc) is 3.26. The number of likely N-dealkylation sites (tertiary alicyclic amines) is 1. The van der Waals surface area contributed by atoms with Gasteiger partial charge in [0.15, 0.2) is 0 Å². The van der Waals surface area contributed by atoms with Gasteiger partial charge < -0.3 is 37.1 Å². The zero-order valence-electron chi connectivity index (χ0n) is 19.9. The minimum atomic E-state index is -1.39. The number of esters is 1. The SMILES string of the molecule is C=C(C)C(=O)N[C@@H](CC(N)=O)C(=O)N[C@@H](C)C(=O)N[C@@H](CC(N)=O)C(=O)N1CCC[C@H]1C(=O)OC. The third-order valence-electron chi connectivity index (χ3n) is 5.20. The summed E-state index contributed by atoms with van der Waals surface area (Å²) in [5.41, 5.74) is 10.4. The fraction of sp³-hybridized carbons (Fsp3) is 0.571. The van der Waals surface area contributed by atoms with E-state index in [1.54, 1.807) is 0 Å². The lowest BCUT2D eigenvalue weighted by Gasteiger charge is -2.28. The molecule has 14 nitrogen and oxygen atoms in total. The van der Waals surface area contributed by atoms with Gasteiger partial charge in [0.1, 0.15) is 24.2 Å². The summed E-state index contributed by atoms with van der Waals surface area (Å²) < 4.78 is 4.70. The maximum atomic E-state index is 13.0. The van der Waals surface area contributed by atoms with E-state index in [-0.39, 0.29) is 12.1 Å². The molecule has 7 N–H and O–H groups in total. The number of hydrogen-bond acceptors (Lipinski definition) is 8. The highest BCUT2D eigenvalue weighted by Gasteiger charge is 2.39. The Labute approximate surface area is 202 Å². The van der Waals surface area contributed by atoms with Crippen molar-refractivity contribution in [3.8, 4) is 0 Å². The third kappa shape index (κ3) is 8.72. The largest absolute Gasteiger partial charge is 0.467 e. The highest BCUT2D eigenvalue weighted by atomic mass is 16.5. The predicted octanol–water partition coefficient (Wildman–Crippen LogP) is -3.05. The van der Waals surface area contributed by atoms with E-state index in [4.69, 9.17) is 16.2 Å². The van der Waals surface area contributed by atoms with Gasteiger partial charge in [-0.15, -0.1) is 0 Å². The molecular weight excluding hydrogens is 464 g/mol. The van der Waals surface area contributed by atoms with Crippen molar-refractivity contribution in [3.63, 3.8) is 0 Å². The van der Waals surface area contributed by atoms with Gasteiger partial charge in [-0.3, -0.25) is 28.8 Å². The van der Waals surface area contributed by atoms with Crippen LogP contribution >= 0.6 is 0 Å². The van der Waals surface area contributed by atoms with Crippen molar-refractivity contribution in [2.24, 2.45) is 11.5 Å². The van der Waals surface area contributed by atoms with E-state index >= 15 is 0 Å². The van der Waals surface area contributed by atoms with Crippen LogP contribution in [0.15, 0.2) is 12.2 Å². The summed E-state index contributed by atoms with van der Waals surface area (Å²) in [5, 5.41) is 6.96. The van der Waals surface area contributed by atoms with Gasteiger partial charge in [-0.25, -0.2) is 4.79 Å². The molecule has 1 fully saturated rings. The molecule has 6 amide bonds. The van der Waals surface area contributed by atoms with Crippen LogP contribution in [0, 0.1) is 0 Å². The quantitative estimate of drug-likeness (QED) is 0.138. The van der Waals surface area contributed by atoms with Crippen molar-refractivity contribution in [3.05, 3.63) is 12.2 Å². The monoisotopic (exact) mass is 496 g/mol. The molecule has 0 radical (unpaired) electrons. The van der Waals surface area contributed by atoms with Crippen LogP contribution < -0.4 is 27.4 Å². The van der Waals surface area contributed by atoms with Crippen LogP contribution in [-0.4, -0.2) is 84.1 Å². The van der Waals surface area contributed by atoms with Gasteiger partial charge >= 0.3 is 5.97 Å². The van der Waals surface area contributed by atoms with Crippen molar-refractivity contribution in [2.75, 3.05) is 13.7 Å². The van der Waals surface area contributed by atoms with Crippen LogP contribution in [0.4, 0.5) is 0 Å². The molecule has 0 unspecified atom stereocenters. The van der Waals surface area contributed by atoms with Crippen molar-refractivity contribution in [1.82, 2.24) is 20.9 Å². The zero-order chi connectivity index (χ0) is 26.9. The number of primary amides is 2. The number of amides is 6. The van der Waals surface area contributed by atoms with Gasteiger partial charge in [-0.1, -0.05) is 6.58 Å². The minimum Gasteiger partial charge on any atom is -0.467 e. The summed E-state index contributed by atoms with van der Waals surface area (Å²) in [6, 6.07) is -4.88. The standard InChI is InChI=1S/C21H32N6O8/c1-10(2)17(30)25-12(8-15(22)28)19(32)24-11(3)18(31)26-13(9-16(23)29)20(33)27-7-5-6-14(27)21(34)35-4/h11-14H,1,5-9H2,2-4H3,(H2,22,28)(H2,23,29)(H,24,32)(H,25,30)(H,26,31)/t11-,12-,13-,14-/m0/s1. The molecule has 1 saturated heterocycles. The van der Waals surface area contributed by atoms with Crippen LogP contribution in [0.25, 0.3) is 0 Å². The smallest absolute Gasteiger partial charge is 0.328 e. The molecule has 1 aliphatic heterocycles. The lowest BCUT2D eigenvalue weighted by atomic mass is 10.1. The fourth-order valence-corrected chi connectivity index (χ4v) is 3.38. The highest BCUT2D eigenvalue weighted by molar-refractivity contribution is 5.99. The molecule has 1 aliphatic rings. The Kier molecular flexibility index (Phi) is 10.8. The van der Waals surface area contributed by atoms with Gasteiger partial charge in [0.2, 0.25) is 35.4 Å². The molecule has 0 aliphatic carbocycles. The summed E-state index contributed by atoms with van der Waals surface area (Å²) in [5.74, 6) is -5.51. The van der Waals surface area contributed by atoms with E-state index in [2.05, 4.69) is 22.5 Å². The number of nitrogens with zero attached hydrogens (tertiary/aromatic N) is 1. The molecule has 0 aromatic carbocycles. The molecule has 194 valence electrons. The molecule has 14 heteroatoms. The van der Waals surface area contributed by atoms with Gasteiger partial charge in [-0.2, -0.15) is 0 Å². The Morgan fingerprint density at radius 3 is 2.06 bits per heavy atom. The summed E-state index contributed by atoms with van der Waals surface area (Å²) in [7, 11) is 1.18. The molecular formula is C21H32N6O8. The first-order chi connectivity index (χ1) is 16.3. The average molecular weight is 497 g/mol. The second kappa shape index (κ2) is 13.1. The van der Waals surface area contributed by atoms with Crippen molar-refractivity contribution in [2.45, 2.75) is 63.7 Å². The second-order valence-corrected chi connectivity index (χ2v) is 8.15. The second-order valence-electron chi connectivity index (χ2n) is 8.15. The van der Waals surface area contributed by atoms with Gasteiger partial charge in [-0.05, 0) is 26.7 Å². The maximum absolute atomic E-state index is 13.0. The topological polar surface area (TPSA) is 220 Å². The van der Waals surface area contributed by atoms with Crippen LogP contribution in [-0.2, 0) is 38.3 Å². The number of nitrogens with one attached hydrogen (secondary N) is 3. The highest BCUT2D eigenvalue weighted by Crippen LogP contribution is 2.20. The Hall–Kier alpha value is -3.97. The number of carbonyl (C=O) groups is 7. The first kappa shape index (κ1) is 29.1. The normalized spacial score (nSPS) is 17.3. The van der Waals surface area contributed by atoms with E-state index in [1.807, 2.05) is 0 Å². The first-order valence-electron chi connectivity index (χ1n) is 10.8. The number of ether oxygens (including phenoxy) is 1. The number of carbonyl (C=O) groups excluding carboxylic acids is 7. The number of hydrogen-bond donors (Lipinski definition) is 5. The third-order valence-corrected chi connectivity index (χ3v) is 5.20. The van der Waals surface area contributed by atoms with Gasteiger partial charge in [0.25, 0.3) is 0 Å². The molecule has 1 heterocycles. The van der Waals surface area contributed by atoms with E-state index in [1.165, 1.54) is 25.9 Å². The Bertz CT molecular complexity index is 904. The minimum absolute atomic E-state index is 0.0815. The lowest BCUT2D eigenvalue weighted by Crippen LogP contribution is -2.58. The summed E-state index contributed by atoms with van der Waals surface area (Å²) in [6.45, 7) is 6.33. The molecule has 1 rings (SSSR count). The van der Waals surface area contributed by atoms with Crippen LogP contribution in [0.2, 0.25) is 0 Å². The van der Waals surface area contributed by atoms with Gasteiger partial charge in [0, 0.05) is 12.1 Å².